The summed E-state index contributed by atoms with van der Waals surface area (Å²) in [5.74, 6) is 0. The van der Waals surface area contributed by atoms with Crippen molar-refractivity contribution in [3.8, 4) is 11.3 Å². The molecule has 102 valence electrons. The first-order valence-corrected chi connectivity index (χ1v) is 7.29. The summed E-state index contributed by atoms with van der Waals surface area (Å²) in [6.45, 7) is 2.60. The van der Waals surface area contributed by atoms with Gasteiger partial charge < -0.3 is 5.73 Å². The molecule has 0 saturated carbocycles. The summed E-state index contributed by atoms with van der Waals surface area (Å²) in [6.07, 6.45) is 0.782. The van der Waals surface area contributed by atoms with E-state index in [0.29, 0.717) is 6.54 Å². The van der Waals surface area contributed by atoms with Gasteiger partial charge in [-0.05, 0) is 37.7 Å². The number of fused-ring (bicyclic) bond motifs is 1. The largest absolute Gasteiger partial charge is 0.330 e. The molecule has 0 spiro atoms. The molecular weight excluding hydrogens is 316 g/mol. The number of hydrogen-bond acceptors (Lipinski definition) is 3. The van der Waals surface area contributed by atoms with Gasteiger partial charge in [-0.1, -0.05) is 28.1 Å². The Labute approximate surface area is 125 Å². The van der Waals surface area contributed by atoms with Gasteiger partial charge in [0.15, 0.2) is 5.65 Å². The van der Waals surface area contributed by atoms with Crippen LogP contribution in [0.15, 0.2) is 40.9 Å². The third-order valence-electron chi connectivity index (χ3n) is 3.29. The van der Waals surface area contributed by atoms with Crippen molar-refractivity contribution in [3.63, 3.8) is 0 Å². The molecule has 1 aromatic carbocycles. The molecule has 5 heteroatoms. The van der Waals surface area contributed by atoms with Gasteiger partial charge in [0, 0.05) is 16.5 Å². The van der Waals surface area contributed by atoms with Crippen LogP contribution in [-0.4, -0.2) is 21.1 Å². The molecule has 0 unspecified atom stereocenters. The normalized spacial score (nSPS) is 11.2. The van der Waals surface area contributed by atoms with E-state index in [2.05, 4.69) is 20.9 Å². The van der Waals surface area contributed by atoms with Gasteiger partial charge in [0.05, 0.1) is 17.1 Å². The lowest BCUT2D eigenvalue weighted by Gasteiger charge is -2.04. The highest BCUT2D eigenvalue weighted by Crippen LogP contribution is 2.21. The van der Waals surface area contributed by atoms with Crippen molar-refractivity contribution < 1.29 is 0 Å². The third kappa shape index (κ3) is 2.34. The average molecular weight is 331 g/mol. The summed E-state index contributed by atoms with van der Waals surface area (Å²) in [4.78, 5) is 4.52. The van der Waals surface area contributed by atoms with Crippen LogP contribution in [0.4, 0.5) is 0 Å². The highest BCUT2D eigenvalue weighted by molar-refractivity contribution is 9.10. The Bertz CT molecular complexity index is 746. The van der Waals surface area contributed by atoms with Crippen LogP contribution in [0.1, 0.15) is 11.4 Å². The van der Waals surface area contributed by atoms with E-state index in [0.717, 1.165) is 39.2 Å². The van der Waals surface area contributed by atoms with Gasteiger partial charge >= 0.3 is 0 Å². The zero-order valence-electron chi connectivity index (χ0n) is 11.2. The molecule has 3 rings (SSSR count). The molecule has 2 aromatic heterocycles. The van der Waals surface area contributed by atoms with Gasteiger partial charge in [-0.3, -0.25) is 0 Å². The summed E-state index contributed by atoms with van der Waals surface area (Å²) in [7, 11) is 0. The topological polar surface area (TPSA) is 56.2 Å². The Morgan fingerprint density at radius 2 is 1.90 bits per heavy atom. The van der Waals surface area contributed by atoms with Gasteiger partial charge in [0.25, 0.3) is 0 Å². The SMILES string of the molecule is Cc1nc2ccc(-c3ccc(Br)cc3)nn2c1CCN. The Morgan fingerprint density at radius 3 is 2.60 bits per heavy atom. The van der Waals surface area contributed by atoms with Crippen LogP contribution < -0.4 is 5.73 Å². The predicted octanol–water partition coefficient (Wildman–Crippen LogP) is 2.97. The van der Waals surface area contributed by atoms with Crippen molar-refractivity contribution in [3.05, 3.63) is 52.3 Å². The van der Waals surface area contributed by atoms with Gasteiger partial charge in [-0.25, -0.2) is 9.50 Å². The maximum absolute atomic E-state index is 5.67. The van der Waals surface area contributed by atoms with E-state index >= 15 is 0 Å². The maximum Gasteiger partial charge on any atom is 0.154 e. The molecule has 3 aromatic rings. The molecule has 0 bridgehead atoms. The summed E-state index contributed by atoms with van der Waals surface area (Å²) < 4.78 is 2.96. The summed E-state index contributed by atoms with van der Waals surface area (Å²) in [5, 5.41) is 4.70. The van der Waals surface area contributed by atoms with E-state index in [1.54, 1.807) is 0 Å². The molecule has 0 amide bonds. The van der Waals surface area contributed by atoms with Crippen LogP contribution in [0.2, 0.25) is 0 Å². The second-order valence-corrected chi connectivity index (χ2v) is 5.59. The number of hydrogen-bond donors (Lipinski definition) is 1. The fourth-order valence-corrected chi connectivity index (χ4v) is 2.55. The molecule has 2 N–H and O–H groups in total. The molecule has 0 aliphatic carbocycles. The first-order valence-electron chi connectivity index (χ1n) is 6.50. The van der Waals surface area contributed by atoms with Crippen LogP contribution in [-0.2, 0) is 6.42 Å². The van der Waals surface area contributed by atoms with Gasteiger partial charge in [0.2, 0.25) is 0 Å². The van der Waals surface area contributed by atoms with E-state index in [1.165, 1.54) is 0 Å². The molecule has 0 fully saturated rings. The zero-order chi connectivity index (χ0) is 14.1. The first kappa shape index (κ1) is 13.3. The van der Waals surface area contributed by atoms with Crippen LogP contribution in [0.3, 0.4) is 0 Å². The van der Waals surface area contributed by atoms with Crippen molar-refractivity contribution in [2.45, 2.75) is 13.3 Å². The van der Waals surface area contributed by atoms with Crippen LogP contribution in [0, 0.1) is 6.92 Å². The second-order valence-electron chi connectivity index (χ2n) is 4.68. The predicted molar refractivity (Wildman–Crippen MR) is 83.6 cm³/mol. The van der Waals surface area contributed by atoms with E-state index in [9.17, 15) is 0 Å². The molecule has 20 heavy (non-hydrogen) atoms. The first-order chi connectivity index (χ1) is 9.69. The molecule has 0 aliphatic rings. The fourth-order valence-electron chi connectivity index (χ4n) is 2.29. The number of benzene rings is 1. The molecule has 0 radical (unpaired) electrons. The van der Waals surface area contributed by atoms with Crippen LogP contribution in [0.25, 0.3) is 16.9 Å². The number of halogens is 1. The molecule has 4 nitrogen and oxygen atoms in total. The minimum absolute atomic E-state index is 0.596. The summed E-state index contributed by atoms with van der Waals surface area (Å²) >= 11 is 3.44. The standard InChI is InChI=1S/C15H15BrN4/c1-10-14(8-9-17)20-15(18-10)7-6-13(19-20)11-2-4-12(16)5-3-11/h2-7H,8-9,17H2,1H3. The van der Waals surface area contributed by atoms with Gasteiger partial charge in [-0.2, -0.15) is 5.10 Å². The summed E-state index contributed by atoms with van der Waals surface area (Å²) in [5.41, 5.74) is 10.6. The minimum Gasteiger partial charge on any atom is -0.330 e. The van der Waals surface area contributed by atoms with Crippen LogP contribution in [0.5, 0.6) is 0 Å². The van der Waals surface area contributed by atoms with Crippen molar-refractivity contribution in [2.75, 3.05) is 6.54 Å². The number of nitrogens with two attached hydrogens (primary N) is 1. The fraction of sp³-hybridized carbons (Fsp3) is 0.200. The summed E-state index contributed by atoms with van der Waals surface area (Å²) in [6, 6.07) is 12.1. The molecule has 0 atom stereocenters. The van der Waals surface area contributed by atoms with Crippen molar-refractivity contribution in [1.29, 1.82) is 0 Å². The highest BCUT2D eigenvalue weighted by atomic mass is 79.9. The Kier molecular flexibility index (Phi) is 3.54. The average Bonchev–Trinajstić information content (AvgIpc) is 2.76. The Hall–Kier alpha value is -1.72. The van der Waals surface area contributed by atoms with Crippen molar-refractivity contribution in [1.82, 2.24) is 14.6 Å². The molecule has 2 heterocycles. The van der Waals surface area contributed by atoms with E-state index in [4.69, 9.17) is 10.8 Å². The number of rotatable bonds is 3. The monoisotopic (exact) mass is 330 g/mol. The number of aryl methyl sites for hydroxylation is 1. The third-order valence-corrected chi connectivity index (χ3v) is 3.82. The second kappa shape index (κ2) is 5.34. The maximum atomic E-state index is 5.67. The number of imidazole rings is 1. The molecule has 0 aliphatic heterocycles. The quantitative estimate of drug-likeness (QED) is 0.803. The van der Waals surface area contributed by atoms with Gasteiger partial charge in [0.1, 0.15) is 0 Å². The Balaban J connectivity index is 2.13. The van der Waals surface area contributed by atoms with Gasteiger partial charge in [-0.15, -0.1) is 0 Å². The van der Waals surface area contributed by atoms with E-state index in [1.807, 2.05) is 47.8 Å². The lowest BCUT2D eigenvalue weighted by Crippen LogP contribution is -2.08. The Morgan fingerprint density at radius 1 is 1.15 bits per heavy atom. The van der Waals surface area contributed by atoms with Crippen molar-refractivity contribution >= 4 is 21.6 Å². The van der Waals surface area contributed by atoms with Crippen molar-refractivity contribution in [2.24, 2.45) is 5.73 Å². The highest BCUT2D eigenvalue weighted by Gasteiger charge is 2.10. The van der Waals surface area contributed by atoms with Crippen LogP contribution >= 0.6 is 15.9 Å². The number of nitrogens with zero attached hydrogens (tertiary/aromatic N) is 3. The molecule has 0 saturated heterocycles. The lowest BCUT2D eigenvalue weighted by molar-refractivity contribution is 0.823. The van der Waals surface area contributed by atoms with E-state index < -0.39 is 0 Å². The smallest absolute Gasteiger partial charge is 0.154 e. The zero-order valence-corrected chi connectivity index (χ0v) is 12.8. The molecular formula is C15H15BrN4. The minimum atomic E-state index is 0.596. The lowest BCUT2D eigenvalue weighted by atomic mass is 10.1. The van der Waals surface area contributed by atoms with E-state index in [-0.39, 0.29) is 0 Å². The number of aromatic nitrogens is 3.